The average molecular weight is 306 g/mol. The molecule has 1 saturated heterocycles. The summed E-state index contributed by atoms with van der Waals surface area (Å²) in [7, 11) is 0. The highest BCUT2D eigenvalue weighted by atomic mass is 32.1. The van der Waals surface area contributed by atoms with Crippen LogP contribution in [0, 0.1) is 11.8 Å². The standard InChI is InChI=1S/C15H18N2O3S/c1-11(15(20)17-7-2-3-8-17)16-14(19)13-12(5-4-9-18)6-10-21-13/h6,10-11,18H,2-3,7-9H2,1H3,(H,16,19). The summed E-state index contributed by atoms with van der Waals surface area (Å²) < 4.78 is 0. The van der Waals surface area contributed by atoms with Crippen LogP contribution >= 0.6 is 11.3 Å². The fraction of sp³-hybridized carbons (Fsp3) is 0.467. The zero-order valence-corrected chi connectivity index (χ0v) is 12.7. The van der Waals surface area contributed by atoms with Gasteiger partial charge in [-0.05, 0) is 31.2 Å². The van der Waals surface area contributed by atoms with Gasteiger partial charge in [-0.15, -0.1) is 11.3 Å². The lowest BCUT2D eigenvalue weighted by Crippen LogP contribution is -2.45. The van der Waals surface area contributed by atoms with Gasteiger partial charge < -0.3 is 15.3 Å². The van der Waals surface area contributed by atoms with Crippen molar-refractivity contribution in [2.24, 2.45) is 0 Å². The Morgan fingerprint density at radius 3 is 2.86 bits per heavy atom. The van der Waals surface area contributed by atoms with Crippen molar-refractivity contribution >= 4 is 23.2 Å². The zero-order chi connectivity index (χ0) is 15.2. The van der Waals surface area contributed by atoms with Crippen molar-refractivity contribution in [3.05, 3.63) is 21.9 Å². The fourth-order valence-corrected chi connectivity index (χ4v) is 3.01. The van der Waals surface area contributed by atoms with E-state index in [1.54, 1.807) is 23.3 Å². The van der Waals surface area contributed by atoms with Gasteiger partial charge in [0, 0.05) is 18.7 Å². The van der Waals surface area contributed by atoms with E-state index in [1.165, 1.54) is 11.3 Å². The maximum absolute atomic E-state index is 12.2. The second-order valence-electron chi connectivity index (χ2n) is 4.85. The van der Waals surface area contributed by atoms with Crippen molar-refractivity contribution in [2.45, 2.75) is 25.8 Å². The number of amides is 2. The third kappa shape index (κ3) is 3.84. The Hall–Kier alpha value is -1.84. The molecule has 2 N–H and O–H groups in total. The van der Waals surface area contributed by atoms with Gasteiger partial charge >= 0.3 is 0 Å². The molecular weight excluding hydrogens is 288 g/mol. The number of nitrogens with zero attached hydrogens (tertiary/aromatic N) is 1. The van der Waals surface area contributed by atoms with Crippen molar-refractivity contribution in [1.29, 1.82) is 0 Å². The van der Waals surface area contributed by atoms with E-state index in [0.717, 1.165) is 25.9 Å². The Kier molecular flexibility index (Phi) is 5.37. The summed E-state index contributed by atoms with van der Waals surface area (Å²) in [5.41, 5.74) is 0.576. The van der Waals surface area contributed by atoms with Crippen LogP contribution in [0.2, 0.25) is 0 Å². The first-order chi connectivity index (χ1) is 10.1. The van der Waals surface area contributed by atoms with E-state index in [4.69, 9.17) is 5.11 Å². The van der Waals surface area contributed by atoms with Gasteiger partial charge in [0.1, 0.15) is 17.5 Å². The molecule has 1 aliphatic heterocycles. The number of likely N-dealkylation sites (tertiary alicyclic amines) is 1. The minimum absolute atomic E-state index is 0.0413. The summed E-state index contributed by atoms with van der Waals surface area (Å²) in [6.07, 6.45) is 2.05. The normalized spacial score (nSPS) is 15.2. The molecule has 2 heterocycles. The van der Waals surface area contributed by atoms with Gasteiger partial charge in [-0.2, -0.15) is 0 Å². The largest absolute Gasteiger partial charge is 0.384 e. The van der Waals surface area contributed by atoms with Gasteiger partial charge in [0.2, 0.25) is 5.91 Å². The average Bonchev–Trinajstić information content (AvgIpc) is 3.15. The smallest absolute Gasteiger partial charge is 0.263 e. The molecule has 0 aromatic carbocycles. The number of nitrogens with one attached hydrogen (secondary N) is 1. The van der Waals surface area contributed by atoms with Gasteiger partial charge in [0.15, 0.2) is 0 Å². The summed E-state index contributed by atoms with van der Waals surface area (Å²) in [6.45, 7) is 2.99. The number of carbonyl (C=O) groups is 2. The van der Waals surface area contributed by atoms with E-state index >= 15 is 0 Å². The van der Waals surface area contributed by atoms with E-state index in [9.17, 15) is 9.59 Å². The van der Waals surface area contributed by atoms with Crippen molar-refractivity contribution in [3.8, 4) is 11.8 Å². The van der Waals surface area contributed by atoms with Crippen LogP contribution in [0.15, 0.2) is 11.4 Å². The van der Waals surface area contributed by atoms with E-state index < -0.39 is 6.04 Å². The first kappa shape index (κ1) is 15.5. The van der Waals surface area contributed by atoms with Crippen LogP contribution in [0.3, 0.4) is 0 Å². The molecule has 112 valence electrons. The lowest BCUT2D eigenvalue weighted by Gasteiger charge is -2.20. The molecule has 0 radical (unpaired) electrons. The number of thiophene rings is 1. The van der Waals surface area contributed by atoms with Crippen molar-refractivity contribution in [2.75, 3.05) is 19.7 Å². The molecule has 21 heavy (non-hydrogen) atoms. The molecule has 0 spiro atoms. The Bertz CT molecular complexity index is 579. The Balaban J connectivity index is 2.00. The van der Waals surface area contributed by atoms with Crippen LogP contribution in [-0.2, 0) is 4.79 Å². The summed E-state index contributed by atoms with van der Waals surface area (Å²) in [5.74, 6) is 4.92. The lowest BCUT2D eigenvalue weighted by atomic mass is 10.2. The number of carbonyl (C=O) groups excluding carboxylic acids is 2. The van der Waals surface area contributed by atoms with Crippen LogP contribution in [0.25, 0.3) is 0 Å². The zero-order valence-electron chi connectivity index (χ0n) is 11.9. The molecule has 1 unspecified atom stereocenters. The Morgan fingerprint density at radius 1 is 1.48 bits per heavy atom. The molecule has 0 bridgehead atoms. The molecule has 1 fully saturated rings. The van der Waals surface area contributed by atoms with E-state index in [2.05, 4.69) is 17.2 Å². The maximum atomic E-state index is 12.2. The molecule has 0 aliphatic carbocycles. The molecule has 1 atom stereocenters. The van der Waals surface area contributed by atoms with Crippen LogP contribution in [0.4, 0.5) is 0 Å². The van der Waals surface area contributed by atoms with Gasteiger partial charge in [-0.1, -0.05) is 11.8 Å². The van der Waals surface area contributed by atoms with Crippen LogP contribution in [-0.4, -0.2) is 47.6 Å². The van der Waals surface area contributed by atoms with E-state index in [1.807, 2.05) is 0 Å². The number of aliphatic hydroxyl groups is 1. The van der Waals surface area contributed by atoms with E-state index in [-0.39, 0.29) is 18.4 Å². The van der Waals surface area contributed by atoms with Gasteiger partial charge in [0.05, 0.1) is 0 Å². The molecule has 2 amide bonds. The molecule has 1 aliphatic rings. The predicted molar refractivity (Wildman–Crippen MR) is 81.0 cm³/mol. The SMILES string of the molecule is CC(NC(=O)c1sccc1C#CCO)C(=O)N1CCCC1. The monoisotopic (exact) mass is 306 g/mol. The lowest BCUT2D eigenvalue weighted by molar-refractivity contribution is -0.131. The van der Waals surface area contributed by atoms with Gasteiger partial charge in [-0.25, -0.2) is 0 Å². The highest BCUT2D eigenvalue weighted by Gasteiger charge is 2.25. The van der Waals surface area contributed by atoms with Crippen molar-refractivity contribution in [3.63, 3.8) is 0 Å². The number of hydrogen-bond donors (Lipinski definition) is 2. The topological polar surface area (TPSA) is 69.6 Å². The van der Waals surface area contributed by atoms with Crippen molar-refractivity contribution < 1.29 is 14.7 Å². The summed E-state index contributed by atoms with van der Waals surface area (Å²) >= 11 is 1.27. The van der Waals surface area contributed by atoms with Gasteiger partial charge in [0.25, 0.3) is 5.91 Å². The summed E-state index contributed by atoms with van der Waals surface area (Å²) in [5, 5.41) is 13.2. The highest BCUT2D eigenvalue weighted by molar-refractivity contribution is 7.12. The highest BCUT2D eigenvalue weighted by Crippen LogP contribution is 2.16. The van der Waals surface area contributed by atoms with Crippen LogP contribution in [0.1, 0.15) is 35.0 Å². The van der Waals surface area contributed by atoms with Crippen LogP contribution < -0.4 is 5.32 Å². The molecule has 0 saturated carbocycles. The molecule has 2 rings (SSSR count). The summed E-state index contributed by atoms with van der Waals surface area (Å²) in [4.78, 5) is 26.6. The number of aliphatic hydroxyl groups excluding tert-OH is 1. The first-order valence-corrected chi connectivity index (χ1v) is 7.78. The number of rotatable bonds is 3. The minimum atomic E-state index is -0.545. The Morgan fingerprint density at radius 2 is 2.19 bits per heavy atom. The number of hydrogen-bond acceptors (Lipinski definition) is 4. The second kappa shape index (κ2) is 7.25. The quantitative estimate of drug-likeness (QED) is 0.813. The molecule has 6 heteroatoms. The Labute approximate surface area is 128 Å². The third-order valence-electron chi connectivity index (χ3n) is 3.31. The maximum Gasteiger partial charge on any atom is 0.263 e. The van der Waals surface area contributed by atoms with Crippen LogP contribution in [0.5, 0.6) is 0 Å². The molecule has 5 nitrogen and oxygen atoms in total. The first-order valence-electron chi connectivity index (χ1n) is 6.90. The molecular formula is C15H18N2O3S. The fourth-order valence-electron chi connectivity index (χ4n) is 2.25. The van der Waals surface area contributed by atoms with Gasteiger partial charge in [-0.3, -0.25) is 9.59 Å². The molecule has 1 aromatic rings. The second-order valence-corrected chi connectivity index (χ2v) is 5.77. The summed E-state index contributed by atoms with van der Waals surface area (Å²) in [6, 6.07) is 1.19. The predicted octanol–water partition coefficient (Wildman–Crippen LogP) is 0.833. The van der Waals surface area contributed by atoms with E-state index in [0.29, 0.717) is 10.4 Å². The third-order valence-corrected chi connectivity index (χ3v) is 4.22. The van der Waals surface area contributed by atoms with Crippen molar-refractivity contribution in [1.82, 2.24) is 10.2 Å². The minimum Gasteiger partial charge on any atom is -0.384 e. The molecule has 1 aromatic heterocycles.